The summed E-state index contributed by atoms with van der Waals surface area (Å²) in [6.45, 7) is 0. The molecular weight excluding hydrogens is 548 g/mol. The Hall–Kier alpha value is -4.86. The zero-order valence-corrected chi connectivity index (χ0v) is 22.2. The van der Waals surface area contributed by atoms with Gasteiger partial charge in [-0.05, 0) is 70.0 Å². The number of benzene rings is 3. The van der Waals surface area contributed by atoms with Gasteiger partial charge in [-0.2, -0.15) is 10.5 Å². The second-order valence-corrected chi connectivity index (χ2v) is 8.63. The molecule has 0 aliphatic carbocycles. The molecule has 0 fully saturated rings. The molecule has 0 atom stereocenters. The molecule has 9 heteroatoms. The van der Waals surface area contributed by atoms with Crippen molar-refractivity contribution in [3.63, 3.8) is 0 Å². The average molecular weight is 571 g/mol. The summed E-state index contributed by atoms with van der Waals surface area (Å²) in [5, 5.41) is 23.7. The van der Waals surface area contributed by atoms with Gasteiger partial charge < -0.3 is 20.1 Å². The molecule has 0 unspecified atom stereocenters. The maximum absolute atomic E-state index is 13.0. The normalized spacial score (nSPS) is 11.1. The highest BCUT2D eigenvalue weighted by Crippen LogP contribution is 2.36. The van der Waals surface area contributed by atoms with Gasteiger partial charge >= 0.3 is 0 Å². The van der Waals surface area contributed by atoms with Crippen molar-refractivity contribution in [2.45, 2.75) is 6.42 Å². The number of hydrogen-bond acceptors (Lipinski definition) is 6. The molecule has 0 spiro atoms. The summed E-state index contributed by atoms with van der Waals surface area (Å²) in [5.41, 5.74) is 2.91. The molecule has 0 aliphatic heterocycles. The minimum atomic E-state index is -0.443. The summed E-state index contributed by atoms with van der Waals surface area (Å²) in [4.78, 5) is 25.6. The van der Waals surface area contributed by atoms with Gasteiger partial charge in [0, 0.05) is 33.6 Å². The quantitative estimate of drug-likeness (QED) is 0.248. The van der Waals surface area contributed by atoms with Gasteiger partial charge in [0.05, 0.1) is 43.9 Å². The van der Waals surface area contributed by atoms with Crippen LogP contribution in [0.25, 0.3) is 4.48 Å². The largest absolute Gasteiger partial charge is 0.497 e. The number of nitrogens with zero attached hydrogens (tertiary/aromatic N) is 2. The predicted octanol–water partition coefficient (Wildman–Crippen LogP) is 5.78. The van der Waals surface area contributed by atoms with Crippen molar-refractivity contribution in [2.24, 2.45) is 0 Å². The Balaban J connectivity index is 1.92. The van der Waals surface area contributed by atoms with E-state index in [0.717, 1.165) is 0 Å². The lowest BCUT2D eigenvalue weighted by atomic mass is 10.1. The molecule has 3 aromatic rings. The number of allylic oxidation sites excluding steroid dienone is 1. The Morgan fingerprint density at radius 2 is 1.50 bits per heavy atom. The van der Waals surface area contributed by atoms with E-state index in [0.29, 0.717) is 49.6 Å². The third-order valence-electron chi connectivity index (χ3n) is 5.25. The molecule has 2 amide bonds. The third kappa shape index (κ3) is 7.57. The summed E-state index contributed by atoms with van der Waals surface area (Å²) in [6, 6.07) is 22.4. The predicted molar refractivity (Wildman–Crippen MR) is 149 cm³/mol. The van der Waals surface area contributed by atoms with E-state index in [9.17, 15) is 9.59 Å². The van der Waals surface area contributed by atoms with Crippen LogP contribution in [0.3, 0.4) is 0 Å². The van der Waals surface area contributed by atoms with Crippen molar-refractivity contribution >= 4 is 43.6 Å². The van der Waals surface area contributed by atoms with Crippen LogP contribution in [0.15, 0.2) is 84.5 Å². The van der Waals surface area contributed by atoms with Crippen molar-refractivity contribution in [2.75, 3.05) is 24.9 Å². The standard InChI is InChI=1S/C29H23BrN4O4/c1-37-24-10-11-25(26(16-24)38-2)29(30)21(15-28(36)34-23-8-4-6-20(14-23)18-32)9-12-27(35)33-22-7-3-5-19(13-22)17-31/h3-14,16H,15H2,1-2H3,(H,33,35)(H,34,36)/b12-9+,29-21-. The molecule has 2 N–H and O–H groups in total. The first-order valence-corrected chi connectivity index (χ1v) is 12.1. The molecule has 0 heterocycles. The van der Waals surface area contributed by atoms with E-state index in [1.54, 1.807) is 73.8 Å². The topological polar surface area (TPSA) is 124 Å². The van der Waals surface area contributed by atoms with Crippen molar-refractivity contribution in [1.29, 1.82) is 10.5 Å². The van der Waals surface area contributed by atoms with Gasteiger partial charge in [0.2, 0.25) is 11.8 Å². The number of hydrogen-bond donors (Lipinski definition) is 2. The van der Waals surface area contributed by atoms with Crippen LogP contribution in [-0.4, -0.2) is 26.0 Å². The molecule has 38 heavy (non-hydrogen) atoms. The van der Waals surface area contributed by atoms with E-state index in [1.807, 2.05) is 12.1 Å². The minimum Gasteiger partial charge on any atom is -0.497 e. The summed E-state index contributed by atoms with van der Waals surface area (Å²) in [5.74, 6) is 0.298. The van der Waals surface area contributed by atoms with Crippen LogP contribution in [0.2, 0.25) is 0 Å². The van der Waals surface area contributed by atoms with Crippen LogP contribution < -0.4 is 20.1 Å². The average Bonchev–Trinajstić information content (AvgIpc) is 2.94. The molecule has 3 rings (SSSR count). The molecule has 0 saturated carbocycles. The number of nitriles is 2. The molecule has 0 aliphatic rings. The lowest BCUT2D eigenvalue weighted by molar-refractivity contribution is -0.115. The second kappa shape index (κ2) is 13.4. The molecule has 0 radical (unpaired) electrons. The highest BCUT2D eigenvalue weighted by atomic mass is 79.9. The first-order chi connectivity index (χ1) is 18.4. The van der Waals surface area contributed by atoms with E-state index in [2.05, 4.69) is 26.6 Å². The molecule has 0 bridgehead atoms. The van der Waals surface area contributed by atoms with E-state index >= 15 is 0 Å². The van der Waals surface area contributed by atoms with Gasteiger partial charge in [-0.1, -0.05) is 18.2 Å². The van der Waals surface area contributed by atoms with Crippen LogP contribution in [-0.2, 0) is 9.59 Å². The van der Waals surface area contributed by atoms with Gasteiger partial charge in [-0.3, -0.25) is 9.59 Å². The van der Waals surface area contributed by atoms with Crippen LogP contribution in [0.1, 0.15) is 23.1 Å². The summed E-state index contributed by atoms with van der Waals surface area (Å²) < 4.78 is 11.3. The summed E-state index contributed by atoms with van der Waals surface area (Å²) in [7, 11) is 3.07. The van der Waals surface area contributed by atoms with Crippen molar-refractivity contribution in [1.82, 2.24) is 0 Å². The zero-order valence-electron chi connectivity index (χ0n) is 20.6. The third-order valence-corrected chi connectivity index (χ3v) is 6.19. The summed E-state index contributed by atoms with van der Waals surface area (Å²) in [6.07, 6.45) is 2.73. The highest BCUT2D eigenvalue weighted by molar-refractivity contribution is 9.15. The fourth-order valence-electron chi connectivity index (χ4n) is 3.43. The van der Waals surface area contributed by atoms with Crippen molar-refractivity contribution in [3.8, 4) is 23.6 Å². The Bertz CT molecular complexity index is 1500. The number of nitrogens with one attached hydrogen (secondary N) is 2. The van der Waals surface area contributed by atoms with Crippen molar-refractivity contribution in [3.05, 3.63) is 101 Å². The number of amides is 2. The Morgan fingerprint density at radius 1 is 0.868 bits per heavy atom. The van der Waals surface area contributed by atoms with E-state index in [1.165, 1.54) is 19.3 Å². The van der Waals surface area contributed by atoms with Gasteiger partial charge in [-0.15, -0.1) is 0 Å². The number of ether oxygens (including phenoxy) is 2. The number of anilines is 2. The Labute approximate surface area is 228 Å². The zero-order chi connectivity index (χ0) is 27.5. The van der Waals surface area contributed by atoms with E-state index in [4.69, 9.17) is 20.0 Å². The first kappa shape index (κ1) is 27.7. The number of carbonyl (C=O) groups is 2. The number of rotatable bonds is 9. The lowest BCUT2D eigenvalue weighted by Gasteiger charge is -2.13. The van der Waals surface area contributed by atoms with Crippen LogP contribution in [0.5, 0.6) is 11.5 Å². The second-order valence-electron chi connectivity index (χ2n) is 7.84. The van der Waals surface area contributed by atoms with Gasteiger partial charge in [0.15, 0.2) is 0 Å². The summed E-state index contributed by atoms with van der Waals surface area (Å²) >= 11 is 3.58. The van der Waals surface area contributed by atoms with Crippen molar-refractivity contribution < 1.29 is 19.1 Å². The maximum atomic E-state index is 13.0. The van der Waals surface area contributed by atoms with Gasteiger partial charge in [0.1, 0.15) is 11.5 Å². The van der Waals surface area contributed by atoms with E-state index in [-0.39, 0.29) is 12.3 Å². The molecular formula is C29H23BrN4O4. The highest BCUT2D eigenvalue weighted by Gasteiger charge is 2.15. The molecule has 190 valence electrons. The monoisotopic (exact) mass is 570 g/mol. The first-order valence-electron chi connectivity index (χ1n) is 11.3. The molecule has 8 nitrogen and oxygen atoms in total. The van der Waals surface area contributed by atoms with Crippen LogP contribution >= 0.6 is 15.9 Å². The molecule has 3 aromatic carbocycles. The van der Waals surface area contributed by atoms with Gasteiger partial charge in [-0.25, -0.2) is 0 Å². The minimum absolute atomic E-state index is 0.0970. The Kier molecular flexibility index (Phi) is 9.81. The fraction of sp³-hybridized carbons (Fsp3) is 0.103. The smallest absolute Gasteiger partial charge is 0.248 e. The molecule has 0 aromatic heterocycles. The molecule has 0 saturated heterocycles. The van der Waals surface area contributed by atoms with Crippen LogP contribution in [0, 0.1) is 22.7 Å². The lowest BCUT2D eigenvalue weighted by Crippen LogP contribution is -2.13. The number of carbonyl (C=O) groups excluding carboxylic acids is 2. The van der Waals surface area contributed by atoms with Gasteiger partial charge in [0.25, 0.3) is 0 Å². The Morgan fingerprint density at radius 3 is 2.08 bits per heavy atom. The number of halogens is 1. The SMILES string of the molecule is COc1ccc(/C(Br)=C(\C=C\C(=O)Nc2cccc(C#N)c2)CC(=O)Nc2cccc(C#N)c2)c(OC)c1. The fourth-order valence-corrected chi connectivity index (χ4v) is 4.03. The van der Waals surface area contributed by atoms with E-state index < -0.39 is 5.91 Å². The maximum Gasteiger partial charge on any atom is 0.248 e. The van der Waals surface area contributed by atoms with Crippen LogP contribution in [0.4, 0.5) is 11.4 Å². The number of methoxy groups -OCH3 is 2.